The van der Waals surface area contributed by atoms with Crippen LogP contribution in [0.15, 0.2) is 0 Å². The van der Waals surface area contributed by atoms with E-state index < -0.39 is 0 Å². The zero-order valence-corrected chi connectivity index (χ0v) is 6.32. The van der Waals surface area contributed by atoms with Gasteiger partial charge in [0, 0.05) is 0 Å². The summed E-state index contributed by atoms with van der Waals surface area (Å²) in [6, 6.07) is 0. The first kappa shape index (κ1) is 6.39. The summed E-state index contributed by atoms with van der Waals surface area (Å²) in [4.78, 5) is 0. The Hall–Kier alpha value is 1.39. The molecule has 0 saturated heterocycles. The van der Waals surface area contributed by atoms with E-state index in [1.807, 2.05) is 0 Å². The molecule has 5 heavy (non-hydrogen) atoms. The van der Waals surface area contributed by atoms with Crippen molar-refractivity contribution in [3.63, 3.8) is 0 Å². The quantitative estimate of drug-likeness (QED) is 0.515. The molecule has 26 valence electrons. The first-order valence-electron chi connectivity index (χ1n) is 1.80. The first-order valence-corrected chi connectivity index (χ1v) is 5.47. The average molecular weight is 178 g/mol. The zero-order chi connectivity index (χ0) is 4.28. The van der Waals surface area contributed by atoms with Gasteiger partial charge in [0.1, 0.15) is 0 Å². The van der Waals surface area contributed by atoms with Gasteiger partial charge >= 0.3 is 50.4 Å². The monoisotopic (exact) mass is 180 g/mol. The Morgan fingerprint density at radius 1 is 1.60 bits per heavy atom. The predicted octanol–water partition coefficient (Wildman–Crippen LogP) is 0.602. The second-order valence-electron chi connectivity index (χ2n) is 1.28. The van der Waals surface area contributed by atoms with Gasteiger partial charge in [0.2, 0.25) is 0 Å². The van der Waals surface area contributed by atoms with Crippen LogP contribution < -0.4 is 0 Å². The van der Waals surface area contributed by atoms with Crippen molar-refractivity contribution in [3.8, 4) is 0 Å². The van der Waals surface area contributed by atoms with Crippen molar-refractivity contribution >= 4 is 32.6 Å². The molecule has 0 bridgehead atoms. The maximum atomic E-state index is 2.33. The fourth-order valence-electron chi connectivity index (χ4n) is 0. The molecule has 0 heterocycles. The number of hydrogen-bond donors (Lipinski definition) is 0. The Kier molecular flexibility index (Phi) is 4.56. The fourth-order valence-corrected chi connectivity index (χ4v) is 0. The Labute approximate surface area is 50.2 Å². The van der Waals surface area contributed by atoms with Gasteiger partial charge in [-0.15, -0.1) is 0 Å². The van der Waals surface area contributed by atoms with Crippen LogP contribution in [0.1, 0.15) is 13.8 Å². The van der Waals surface area contributed by atoms with E-state index in [-0.39, 0.29) is 0 Å². The fraction of sp³-hybridized carbons (Fsp3) is 1.00. The third kappa shape index (κ3) is 5.39. The molecule has 0 fully saturated rings. The minimum absolute atomic E-state index is 0.410. The molecule has 0 saturated carbocycles. The molecule has 0 aliphatic rings. The minimum atomic E-state index is 0.410. The van der Waals surface area contributed by atoms with E-state index in [2.05, 4.69) is 28.2 Å². The average Bonchev–Trinajstić information content (AvgIpc) is 1.38. The maximum absolute atomic E-state index is 2.33. The van der Waals surface area contributed by atoms with Gasteiger partial charge in [-0.25, -0.2) is 0 Å². The first-order chi connectivity index (χ1) is 2.27. The summed E-state index contributed by atoms with van der Waals surface area (Å²) in [6.07, 6.45) is 0. The van der Waals surface area contributed by atoms with Crippen molar-refractivity contribution in [3.05, 3.63) is 0 Å². The van der Waals surface area contributed by atoms with E-state index in [1.54, 1.807) is 0 Å². The molecule has 0 atom stereocenters. The van der Waals surface area contributed by atoms with Crippen LogP contribution in [-0.4, -0.2) is 32.6 Å². The van der Waals surface area contributed by atoms with Crippen molar-refractivity contribution in [2.75, 3.05) is 0 Å². The Morgan fingerprint density at radius 2 is 1.80 bits per heavy atom. The van der Waals surface area contributed by atoms with E-state index in [0.717, 1.165) is 3.97 Å². The van der Waals surface area contributed by atoms with Gasteiger partial charge in [-0.2, -0.15) is 0 Å². The van der Waals surface area contributed by atoms with E-state index >= 15 is 0 Å². The second-order valence-corrected chi connectivity index (χ2v) is 5.32. The molecule has 0 radical (unpaired) electrons. The summed E-state index contributed by atoms with van der Waals surface area (Å²) in [6.45, 7) is 4.56. The standard InChI is InChI=1S/C3H8Te.Li/c1-3(2)4;/h3-4H,1-2H3;/q;+1/p-1. The topological polar surface area (TPSA) is 0 Å². The Balaban J connectivity index is 2.54. The van der Waals surface area contributed by atoms with Crippen LogP contribution in [0.25, 0.3) is 0 Å². The van der Waals surface area contributed by atoms with Crippen molar-refractivity contribution in [2.45, 2.75) is 17.8 Å². The van der Waals surface area contributed by atoms with Crippen LogP contribution in [0.3, 0.4) is 0 Å². The zero-order valence-electron chi connectivity index (χ0n) is 3.99. The predicted molar refractivity (Wildman–Crippen MR) is 26.6 cm³/mol. The van der Waals surface area contributed by atoms with Crippen LogP contribution in [0.2, 0.25) is 3.97 Å². The summed E-state index contributed by atoms with van der Waals surface area (Å²) in [7, 11) is 0. The van der Waals surface area contributed by atoms with E-state index in [1.165, 1.54) is 0 Å². The van der Waals surface area contributed by atoms with Crippen molar-refractivity contribution in [1.29, 1.82) is 0 Å². The second kappa shape index (κ2) is 3.57. The third-order valence-electron chi connectivity index (χ3n) is 0.471. The summed E-state index contributed by atoms with van der Waals surface area (Å²) in [5.74, 6) is 0. The molecule has 0 aliphatic heterocycles. The summed E-state index contributed by atoms with van der Waals surface area (Å²) in [5.41, 5.74) is 0. The third-order valence-corrected chi connectivity index (χ3v) is 3.16. The molecular weight excluding hydrogens is 171 g/mol. The van der Waals surface area contributed by atoms with Gasteiger partial charge in [-0.1, -0.05) is 0 Å². The van der Waals surface area contributed by atoms with E-state index in [9.17, 15) is 0 Å². The summed E-state index contributed by atoms with van der Waals surface area (Å²) < 4.78 is 1.01. The van der Waals surface area contributed by atoms with Gasteiger partial charge in [-0.05, 0) is 0 Å². The van der Waals surface area contributed by atoms with Crippen LogP contribution >= 0.6 is 0 Å². The Morgan fingerprint density at radius 3 is 1.80 bits per heavy atom. The number of hydrogen-bond acceptors (Lipinski definition) is 0. The molecule has 0 spiro atoms. The molecule has 0 unspecified atom stereocenters. The van der Waals surface area contributed by atoms with Gasteiger partial charge in [0.05, 0.1) is 0 Å². The van der Waals surface area contributed by atoms with Gasteiger partial charge in [0.15, 0.2) is 0 Å². The molecule has 0 aromatic rings. The van der Waals surface area contributed by atoms with E-state index in [0.29, 0.717) is 18.3 Å². The molecule has 0 aliphatic carbocycles. The van der Waals surface area contributed by atoms with Gasteiger partial charge in [-0.3, -0.25) is 0 Å². The molecule has 2 heteroatoms. The molecule has 0 aromatic carbocycles. The van der Waals surface area contributed by atoms with Gasteiger partial charge in [0.25, 0.3) is 0 Å². The number of rotatable bonds is 1. The summed E-state index contributed by atoms with van der Waals surface area (Å²) in [5, 5.41) is 0. The van der Waals surface area contributed by atoms with Crippen LogP contribution in [0.4, 0.5) is 0 Å². The van der Waals surface area contributed by atoms with E-state index in [4.69, 9.17) is 0 Å². The van der Waals surface area contributed by atoms with Crippen LogP contribution in [0.5, 0.6) is 0 Å². The van der Waals surface area contributed by atoms with Crippen LogP contribution in [-0.2, 0) is 0 Å². The normalized spacial score (nSPS) is 9.80. The molecule has 0 amide bonds. The summed E-state index contributed by atoms with van der Waals surface area (Å²) >= 11 is 2.74. The molecule has 0 rings (SSSR count). The van der Waals surface area contributed by atoms with Crippen molar-refractivity contribution in [1.82, 2.24) is 0 Å². The van der Waals surface area contributed by atoms with Crippen molar-refractivity contribution < 1.29 is 0 Å². The SMILES string of the molecule is [Li][Te]C(C)C. The van der Waals surface area contributed by atoms with Crippen LogP contribution in [0, 0.1) is 0 Å². The van der Waals surface area contributed by atoms with Crippen molar-refractivity contribution in [2.24, 2.45) is 0 Å². The Bertz CT molecular complexity index is 20.9. The molecule has 0 N–H and O–H groups in total. The van der Waals surface area contributed by atoms with Gasteiger partial charge < -0.3 is 0 Å². The molecule has 0 nitrogen and oxygen atoms in total. The molecule has 0 aromatic heterocycles. The molecular formula is C3H7LiTe.